The average Bonchev–Trinajstić information content (AvgIpc) is 2.37. The minimum absolute atomic E-state index is 0.179. The number of aliphatic hydroxyl groups excluding tert-OH is 2. The van der Waals surface area contributed by atoms with Gasteiger partial charge in [0.15, 0.2) is 0 Å². The molecule has 4 N–H and O–H groups in total. The molecule has 0 aliphatic carbocycles. The fourth-order valence-electron chi connectivity index (χ4n) is 1.52. The van der Waals surface area contributed by atoms with E-state index < -0.39 is 12.2 Å². The number of amides is 1. The van der Waals surface area contributed by atoms with E-state index in [0.717, 1.165) is 0 Å². The van der Waals surface area contributed by atoms with E-state index in [1.54, 1.807) is 38.4 Å². The third-order valence-electron chi connectivity index (χ3n) is 2.52. The van der Waals surface area contributed by atoms with Crippen molar-refractivity contribution in [3.05, 3.63) is 35.4 Å². The second-order valence-corrected chi connectivity index (χ2v) is 3.77. The van der Waals surface area contributed by atoms with Crippen LogP contribution in [0.3, 0.4) is 0 Å². The van der Waals surface area contributed by atoms with Gasteiger partial charge in [-0.3, -0.25) is 4.79 Å². The van der Waals surface area contributed by atoms with Crippen LogP contribution in [-0.2, 0) is 0 Å². The summed E-state index contributed by atoms with van der Waals surface area (Å²) < 4.78 is 0. The molecule has 0 bridgehead atoms. The molecule has 0 aliphatic heterocycles. The first-order valence-electron chi connectivity index (χ1n) is 5.43. The number of aliphatic hydroxyl groups is 2. The standard InChI is InChI=1S/C12H18N2O3/c1-13-7-10(15)11(16)8-3-5-9(6-4-8)12(17)14-2/h3-6,10-11,13,15-16H,7H2,1-2H3,(H,14,17). The van der Waals surface area contributed by atoms with Crippen LogP contribution in [0, 0.1) is 0 Å². The summed E-state index contributed by atoms with van der Waals surface area (Å²) in [7, 11) is 3.26. The first kappa shape index (κ1) is 13.6. The van der Waals surface area contributed by atoms with Gasteiger partial charge in [-0.1, -0.05) is 12.1 Å². The normalized spacial score (nSPS) is 14.1. The summed E-state index contributed by atoms with van der Waals surface area (Å²) in [5.74, 6) is -0.179. The molecule has 0 heterocycles. The number of nitrogens with one attached hydrogen (secondary N) is 2. The molecular weight excluding hydrogens is 220 g/mol. The summed E-state index contributed by atoms with van der Waals surface area (Å²) in [5.41, 5.74) is 1.10. The molecule has 0 fully saturated rings. The van der Waals surface area contributed by atoms with Crippen molar-refractivity contribution < 1.29 is 15.0 Å². The number of rotatable bonds is 5. The third kappa shape index (κ3) is 3.52. The van der Waals surface area contributed by atoms with E-state index in [0.29, 0.717) is 17.7 Å². The van der Waals surface area contributed by atoms with Gasteiger partial charge < -0.3 is 20.8 Å². The molecular formula is C12H18N2O3. The first-order valence-corrected chi connectivity index (χ1v) is 5.43. The van der Waals surface area contributed by atoms with Gasteiger partial charge in [0, 0.05) is 19.2 Å². The van der Waals surface area contributed by atoms with E-state index in [2.05, 4.69) is 10.6 Å². The van der Waals surface area contributed by atoms with Crippen LogP contribution < -0.4 is 10.6 Å². The number of carbonyl (C=O) groups is 1. The zero-order valence-corrected chi connectivity index (χ0v) is 9.97. The van der Waals surface area contributed by atoms with Gasteiger partial charge in [0.1, 0.15) is 6.10 Å². The smallest absolute Gasteiger partial charge is 0.251 e. The van der Waals surface area contributed by atoms with Crippen LogP contribution in [0.4, 0.5) is 0 Å². The lowest BCUT2D eigenvalue weighted by Crippen LogP contribution is -2.29. The minimum atomic E-state index is -0.957. The Morgan fingerprint density at radius 2 is 1.82 bits per heavy atom. The Morgan fingerprint density at radius 3 is 2.29 bits per heavy atom. The van der Waals surface area contributed by atoms with Crippen LogP contribution >= 0.6 is 0 Å². The van der Waals surface area contributed by atoms with E-state index in [1.165, 1.54) is 0 Å². The lowest BCUT2D eigenvalue weighted by molar-refractivity contribution is 0.0202. The summed E-state index contributed by atoms with van der Waals surface area (Å²) in [6.07, 6.45) is -1.83. The third-order valence-corrected chi connectivity index (χ3v) is 2.52. The van der Waals surface area contributed by atoms with Crippen molar-refractivity contribution in [3.63, 3.8) is 0 Å². The fraction of sp³-hybridized carbons (Fsp3) is 0.417. The van der Waals surface area contributed by atoms with Gasteiger partial charge in [-0.25, -0.2) is 0 Å². The van der Waals surface area contributed by atoms with E-state index in [-0.39, 0.29) is 5.91 Å². The molecule has 2 unspecified atom stereocenters. The van der Waals surface area contributed by atoms with E-state index in [9.17, 15) is 15.0 Å². The summed E-state index contributed by atoms with van der Waals surface area (Å²) >= 11 is 0. The summed E-state index contributed by atoms with van der Waals surface area (Å²) in [6, 6.07) is 6.50. The van der Waals surface area contributed by atoms with Gasteiger partial charge in [0.2, 0.25) is 0 Å². The van der Waals surface area contributed by atoms with Gasteiger partial charge >= 0.3 is 0 Å². The Hall–Kier alpha value is -1.43. The molecule has 0 spiro atoms. The van der Waals surface area contributed by atoms with Gasteiger partial charge in [-0.2, -0.15) is 0 Å². The fourth-order valence-corrected chi connectivity index (χ4v) is 1.52. The maximum Gasteiger partial charge on any atom is 0.251 e. The number of likely N-dealkylation sites (N-methyl/N-ethyl adjacent to an activating group) is 1. The van der Waals surface area contributed by atoms with Crippen molar-refractivity contribution in [2.45, 2.75) is 12.2 Å². The van der Waals surface area contributed by atoms with Crippen molar-refractivity contribution >= 4 is 5.91 Å². The molecule has 0 radical (unpaired) electrons. The van der Waals surface area contributed by atoms with E-state index in [4.69, 9.17) is 0 Å². The maximum atomic E-state index is 11.3. The van der Waals surface area contributed by atoms with Crippen LogP contribution in [-0.4, -0.2) is 42.9 Å². The van der Waals surface area contributed by atoms with Gasteiger partial charge in [0.05, 0.1) is 6.10 Å². The van der Waals surface area contributed by atoms with Crippen LogP contribution in [0.15, 0.2) is 24.3 Å². The highest BCUT2D eigenvalue weighted by Crippen LogP contribution is 2.17. The van der Waals surface area contributed by atoms with Gasteiger partial charge in [0.25, 0.3) is 5.91 Å². The summed E-state index contributed by atoms with van der Waals surface area (Å²) in [4.78, 5) is 11.3. The molecule has 0 saturated heterocycles. The van der Waals surface area contributed by atoms with Crippen LogP contribution in [0.25, 0.3) is 0 Å². The largest absolute Gasteiger partial charge is 0.389 e. The van der Waals surface area contributed by atoms with Crippen LogP contribution in [0.2, 0.25) is 0 Å². The number of carbonyl (C=O) groups excluding carboxylic acids is 1. The molecule has 1 aromatic rings. The van der Waals surface area contributed by atoms with Gasteiger partial charge in [-0.15, -0.1) is 0 Å². The highest BCUT2D eigenvalue weighted by atomic mass is 16.3. The zero-order chi connectivity index (χ0) is 12.8. The lowest BCUT2D eigenvalue weighted by atomic mass is 10.0. The van der Waals surface area contributed by atoms with E-state index in [1.807, 2.05) is 0 Å². The molecule has 0 saturated carbocycles. The minimum Gasteiger partial charge on any atom is -0.389 e. The monoisotopic (exact) mass is 238 g/mol. The van der Waals surface area contributed by atoms with Crippen LogP contribution in [0.5, 0.6) is 0 Å². The molecule has 1 aromatic carbocycles. The maximum absolute atomic E-state index is 11.3. The van der Waals surface area contributed by atoms with Crippen molar-refractivity contribution in [3.8, 4) is 0 Å². The molecule has 1 rings (SSSR count). The topological polar surface area (TPSA) is 81.6 Å². The van der Waals surface area contributed by atoms with Crippen LogP contribution in [0.1, 0.15) is 22.0 Å². The van der Waals surface area contributed by atoms with Gasteiger partial charge in [-0.05, 0) is 24.7 Å². The second-order valence-electron chi connectivity index (χ2n) is 3.77. The summed E-state index contributed by atoms with van der Waals surface area (Å²) in [6.45, 7) is 0.304. The molecule has 17 heavy (non-hydrogen) atoms. The molecule has 94 valence electrons. The van der Waals surface area contributed by atoms with Crippen molar-refractivity contribution in [2.24, 2.45) is 0 Å². The average molecular weight is 238 g/mol. The highest BCUT2D eigenvalue weighted by Gasteiger charge is 2.17. The predicted octanol–water partition coefficient (Wildman–Crippen LogP) is -0.340. The Balaban J connectivity index is 2.76. The molecule has 2 atom stereocenters. The van der Waals surface area contributed by atoms with Crippen molar-refractivity contribution in [1.82, 2.24) is 10.6 Å². The lowest BCUT2D eigenvalue weighted by Gasteiger charge is -2.17. The first-order chi connectivity index (χ1) is 8.10. The van der Waals surface area contributed by atoms with E-state index >= 15 is 0 Å². The Labute approximate surface area is 100 Å². The molecule has 5 heteroatoms. The molecule has 1 amide bonds. The highest BCUT2D eigenvalue weighted by molar-refractivity contribution is 5.93. The number of benzene rings is 1. The summed E-state index contributed by atoms with van der Waals surface area (Å²) in [5, 5.41) is 24.7. The Kier molecular flexibility index (Phi) is 5.09. The Morgan fingerprint density at radius 1 is 1.24 bits per heavy atom. The number of hydrogen-bond donors (Lipinski definition) is 4. The SMILES string of the molecule is CNCC(O)C(O)c1ccc(C(=O)NC)cc1. The molecule has 0 aliphatic rings. The van der Waals surface area contributed by atoms with Crippen molar-refractivity contribution in [2.75, 3.05) is 20.6 Å². The number of hydrogen-bond acceptors (Lipinski definition) is 4. The second kappa shape index (κ2) is 6.34. The molecule has 5 nitrogen and oxygen atoms in total. The molecule has 0 aromatic heterocycles. The van der Waals surface area contributed by atoms with Crippen molar-refractivity contribution in [1.29, 1.82) is 0 Å². The Bertz CT molecular complexity index is 365. The predicted molar refractivity (Wildman–Crippen MR) is 64.7 cm³/mol. The zero-order valence-electron chi connectivity index (χ0n) is 9.97. The quantitative estimate of drug-likeness (QED) is 0.565.